The summed E-state index contributed by atoms with van der Waals surface area (Å²) < 4.78 is 18.8. The van der Waals surface area contributed by atoms with Crippen LogP contribution in [0.3, 0.4) is 0 Å². The van der Waals surface area contributed by atoms with Crippen LogP contribution in [0.4, 0.5) is 5.82 Å². The van der Waals surface area contributed by atoms with Crippen LogP contribution in [0.15, 0.2) is 18.2 Å². The monoisotopic (exact) mass is 469 g/mol. The van der Waals surface area contributed by atoms with Crippen molar-refractivity contribution in [3.8, 4) is 17.2 Å². The number of β-amino-alcohol motifs (C(OH)–C–C–N with tert-alkyl or cyclic N) is 1. The molecule has 1 unspecified atom stereocenters. The number of ether oxygens (including phenoxy) is 3. The highest BCUT2D eigenvalue weighted by Gasteiger charge is 2.24. The second-order valence-electron chi connectivity index (χ2n) is 8.75. The molecule has 9 nitrogen and oxygen atoms in total. The number of hydrogen-bond acceptors (Lipinski definition) is 8. The molecule has 1 aliphatic heterocycles. The predicted octanol–water partition coefficient (Wildman–Crippen LogP) is 2.82. The Kier molecular flexibility index (Phi) is 7.43. The first-order valence-electron chi connectivity index (χ1n) is 11.7. The van der Waals surface area contributed by atoms with Crippen LogP contribution < -0.4 is 24.4 Å². The van der Waals surface area contributed by atoms with Crippen molar-refractivity contribution in [2.24, 2.45) is 0 Å². The van der Waals surface area contributed by atoms with E-state index in [1.54, 1.807) is 21.3 Å². The Bertz CT molecular complexity index is 1150. The van der Waals surface area contributed by atoms with Gasteiger partial charge >= 0.3 is 0 Å². The van der Waals surface area contributed by atoms with Gasteiger partial charge in [-0.3, -0.25) is 4.68 Å². The third-order valence-corrected chi connectivity index (χ3v) is 6.29. The zero-order valence-corrected chi connectivity index (χ0v) is 20.7. The van der Waals surface area contributed by atoms with Crippen molar-refractivity contribution in [3.05, 3.63) is 35.2 Å². The maximum Gasteiger partial charge on any atom is 0.204 e. The van der Waals surface area contributed by atoms with Gasteiger partial charge in [-0.15, -0.1) is 0 Å². The summed E-state index contributed by atoms with van der Waals surface area (Å²) in [4.78, 5) is 7.20. The summed E-state index contributed by atoms with van der Waals surface area (Å²) in [6.07, 6.45) is 1.40. The number of fused-ring (bicyclic) bond motifs is 1. The molecule has 0 bridgehead atoms. The van der Waals surface area contributed by atoms with Crippen LogP contribution in [-0.4, -0.2) is 66.9 Å². The minimum absolute atomic E-state index is 0.349. The predicted molar refractivity (Wildman–Crippen MR) is 132 cm³/mol. The highest BCUT2D eigenvalue weighted by Crippen LogP contribution is 2.44. The van der Waals surface area contributed by atoms with E-state index in [4.69, 9.17) is 19.2 Å². The fourth-order valence-electron chi connectivity index (χ4n) is 4.68. The van der Waals surface area contributed by atoms with E-state index >= 15 is 0 Å². The molecule has 2 N–H and O–H groups in total. The summed E-state index contributed by atoms with van der Waals surface area (Å²) in [6, 6.07) is 6.07. The molecule has 0 spiro atoms. The number of aliphatic hydroxyl groups is 1. The number of nitrogens with one attached hydrogen (secondary N) is 1. The van der Waals surface area contributed by atoms with Crippen LogP contribution in [-0.2, 0) is 13.1 Å². The number of rotatable bonds is 9. The van der Waals surface area contributed by atoms with Gasteiger partial charge in [0.15, 0.2) is 11.5 Å². The van der Waals surface area contributed by atoms with Crippen molar-refractivity contribution >= 4 is 16.7 Å². The van der Waals surface area contributed by atoms with Gasteiger partial charge in [0.05, 0.1) is 45.2 Å². The molecule has 1 aliphatic rings. The van der Waals surface area contributed by atoms with Crippen molar-refractivity contribution in [2.75, 3.05) is 45.9 Å². The molecule has 184 valence electrons. The van der Waals surface area contributed by atoms with Gasteiger partial charge in [0.1, 0.15) is 5.82 Å². The molecule has 0 saturated carbocycles. The minimum Gasteiger partial charge on any atom is -0.493 e. The Hall–Kier alpha value is -3.04. The van der Waals surface area contributed by atoms with Crippen LogP contribution in [0.1, 0.15) is 29.8 Å². The molecule has 4 rings (SSSR count). The highest BCUT2D eigenvalue weighted by atomic mass is 16.5. The minimum atomic E-state index is -0.349. The average Bonchev–Trinajstić information content (AvgIpc) is 3.16. The zero-order valence-electron chi connectivity index (χ0n) is 20.7. The number of aliphatic hydroxyl groups excluding tert-OH is 1. The van der Waals surface area contributed by atoms with Crippen molar-refractivity contribution in [1.29, 1.82) is 0 Å². The Balaban J connectivity index is 1.67. The molecule has 3 heterocycles. The Morgan fingerprint density at radius 1 is 1.09 bits per heavy atom. The molecule has 1 fully saturated rings. The second kappa shape index (κ2) is 10.5. The maximum atomic E-state index is 10.3. The van der Waals surface area contributed by atoms with Gasteiger partial charge in [-0.2, -0.15) is 5.10 Å². The van der Waals surface area contributed by atoms with Gasteiger partial charge < -0.3 is 29.5 Å². The molecule has 9 heteroatoms. The van der Waals surface area contributed by atoms with Crippen LogP contribution >= 0.6 is 0 Å². The normalized spacial score (nSPS) is 16.2. The number of hydrogen-bond donors (Lipinski definition) is 2. The van der Waals surface area contributed by atoms with Gasteiger partial charge in [-0.25, -0.2) is 4.98 Å². The lowest BCUT2D eigenvalue weighted by molar-refractivity contribution is 0.154. The van der Waals surface area contributed by atoms with Crippen molar-refractivity contribution in [1.82, 2.24) is 20.1 Å². The molecule has 2 aromatic heterocycles. The molecule has 0 amide bonds. The first-order valence-corrected chi connectivity index (χ1v) is 11.7. The maximum absolute atomic E-state index is 10.3. The molecule has 0 radical (unpaired) electrons. The third-order valence-electron chi connectivity index (χ3n) is 6.29. The zero-order chi connectivity index (χ0) is 24.2. The SMILES string of the molecule is COc1cc2nc(N3CCCC(O)C3)c(CNCCn3nc(C)cc3C)cc2c(OC)c1OC. The number of pyridine rings is 1. The number of methoxy groups -OCH3 is 3. The Labute approximate surface area is 200 Å². The van der Waals surface area contributed by atoms with Crippen LogP contribution in [0.5, 0.6) is 17.2 Å². The van der Waals surface area contributed by atoms with E-state index in [0.29, 0.717) is 30.3 Å². The Morgan fingerprint density at radius 3 is 2.53 bits per heavy atom. The molecule has 0 aliphatic carbocycles. The van der Waals surface area contributed by atoms with Crippen molar-refractivity contribution in [2.45, 2.75) is 45.9 Å². The largest absolute Gasteiger partial charge is 0.493 e. The molecule has 3 aromatic rings. The summed E-state index contributed by atoms with van der Waals surface area (Å²) in [5.41, 5.74) is 3.98. The number of aryl methyl sites for hydroxylation is 2. The first kappa shape index (κ1) is 24.1. The number of piperidine rings is 1. The van der Waals surface area contributed by atoms with Gasteiger partial charge in [0.2, 0.25) is 5.75 Å². The summed E-state index contributed by atoms with van der Waals surface area (Å²) in [6.45, 7) is 7.69. The van der Waals surface area contributed by atoms with E-state index in [0.717, 1.165) is 66.1 Å². The molecule has 1 aromatic carbocycles. The topological polar surface area (TPSA) is 93.9 Å². The van der Waals surface area contributed by atoms with E-state index < -0.39 is 0 Å². The summed E-state index contributed by atoms with van der Waals surface area (Å²) in [5, 5.41) is 19.2. The van der Waals surface area contributed by atoms with Gasteiger partial charge in [-0.05, 0) is 38.8 Å². The second-order valence-corrected chi connectivity index (χ2v) is 8.75. The fraction of sp³-hybridized carbons (Fsp3) is 0.520. The van der Waals surface area contributed by atoms with E-state index in [9.17, 15) is 5.11 Å². The lowest BCUT2D eigenvalue weighted by Gasteiger charge is -2.32. The smallest absolute Gasteiger partial charge is 0.204 e. The number of nitrogens with zero attached hydrogens (tertiary/aromatic N) is 4. The molecular weight excluding hydrogens is 434 g/mol. The third kappa shape index (κ3) is 4.90. The van der Waals surface area contributed by atoms with Gasteiger partial charge in [0, 0.05) is 48.9 Å². The average molecular weight is 470 g/mol. The van der Waals surface area contributed by atoms with Crippen molar-refractivity contribution < 1.29 is 19.3 Å². The molecule has 34 heavy (non-hydrogen) atoms. The molecule has 1 atom stereocenters. The number of benzene rings is 1. The lowest BCUT2D eigenvalue weighted by atomic mass is 10.1. The summed E-state index contributed by atoms with van der Waals surface area (Å²) in [7, 11) is 4.83. The summed E-state index contributed by atoms with van der Waals surface area (Å²) in [5.74, 6) is 2.58. The number of aromatic nitrogens is 3. The fourth-order valence-corrected chi connectivity index (χ4v) is 4.68. The van der Waals surface area contributed by atoms with Crippen molar-refractivity contribution in [3.63, 3.8) is 0 Å². The molecular formula is C25H35N5O4. The van der Waals surface area contributed by atoms with E-state index in [-0.39, 0.29) is 6.10 Å². The van der Waals surface area contributed by atoms with Gasteiger partial charge in [0.25, 0.3) is 0 Å². The first-order chi connectivity index (χ1) is 16.4. The van der Waals surface area contributed by atoms with Gasteiger partial charge in [-0.1, -0.05) is 0 Å². The molecule has 1 saturated heterocycles. The van der Waals surface area contributed by atoms with Crippen LogP contribution in [0.25, 0.3) is 10.9 Å². The Morgan fingerprint density at radius 2 is 1.88 bits per heavy atom. The van der Waals surface area contributed by atoms with E-state index in [1.165, 1.54) is 0 Å². The van der Waals surface area contributed by atoms with E-state index in [1.807, 2.05) is 17.7 Å². The van der Waals surface area contributed by atoms with Crippen LogP contribution in [0, 0.1) is 13.8 Å². The van der Waals surface area contributed by atoms with Crippen LogP contribution in [0.2, 0.25) is 0 Å². The highest BCUT2D eigenvalue weighted by molar-refractivity contribution is 5.92. The number of anilines is 1. The quantitative estimate of drug-likeness (QED) is 0.462. The summed E-state index contributed by atoms with van der Waals surface area (Å²) >= 11 is 0. The van der Waals surface area contributed by atoms with E-state index in [2.05, 4.69) is 34.4 Å². The lowest BCUT2D eigenvalue weighted by Crippen LogP contribution is -2.39. The standard InChI is InChI=1S/C25H35N5O4/c1-16-11-17(2)30(28-16)10-8-26-14-18-12-20-21(13-22(32-3)24(34-5)23(20)33-4)27-25(18)29-9-6-7-19(31)15-29/h11-13,19,26,31H,6-10,14-15H2,1-5H3.